The normalized spacial score (nSPS) is 12.6. The monoisotopic (exact) mass is 502 g/mol. The minimum absolute atomic E-state index is 0.293. The van der Waals surface area contributed by atoms with Gasteiger partial charge in [-0.2, -0.15) is 0 Å². The lowest BCUT2D eigenvalue weighted by molar-refractivity contribution is 0.0106. The molecule has 0 aliphatic rings. The Hall–Kier alpha value is -2.20. The van der Waals surface area contributed by atoms with Crippen molar-refractivity contribution in [1.82, 2.24) is 0 Å². The molecule has 0 heterocycles. The van der Waals surface area contributed by atoms with Crippen LogP contribution in [0.2, 0.25) is 18.1 Å². The van der Waals surface area contributed by atoms with Crippen molar-refractivity contribution < 1.29 is 9.16 Å². The average Bonchev–Trinajstić information content (AvgIpc) is 2.88. The Balaban J connectivity index is 1.55. The van der Waals surface area contributed by atoms with Gasteiger partial charge in [0, 0.05) is 13.2 Å². The first-order chi connectivity index (χ1) is 17.3. The first-order valence-electron chi connectivity index (χ1n) is 13.7. The molecule has 3 rings (SSSR count). The van der Waals surface area contributed by atoms with Gasteiger partial charge in [-0.15, -0.1) is 0 Å². The molecular formula is C33H46O2Si. The number of unbranched alkanes of at least 4 members (excludes halogenated alkanes) is 5. The van der Waals surface area contributed by atoms with Crippen LogP contribution in [0.3, 0.4) is 0 Å². The van der Waals surface area contributed by atoms with Crippen LogP contribution < -0.4 is 0 Å². The van der Waals surface area contributed by atoms with Gasteiger partial charge >= 0.3 is 0 Å². The van der Waals surface area contributed by atoms with E-state index in [1.807, 2.05) is 0 Å². The molecule has 0 aliphatic carbocycles. The smallest absolute Gasteiger partial charge is 0.191 e. The Labute approximate surface area is 221 Å². The molecular weight excluding hydrogens is 456 g/mol. The third kappa shape index (κ3) is 7.41. The van der Waals surface area contributed by atoms with Crippen LogP contribution in [0.25, 0.3) is 0 Å². The van der Waals surface area contributed by atoms with Crippen LogP contribution in [0.1, 0.15) is 76.0 Å². The highest BCUT2D eigenvalue weighted by Gasteiger charge is 2.38. The molecule has 0 aromatic heterocycles. The standard InChI is InChI=1S/C33H46O2Si/c1-32(2,3)36(4,5)35-28-20-9-7-6-8-19-27-34-33(29-21-13-10-14-22-29,30-23-15-11-16-24-30)31-25-17-12-18-26-31/h10-18,21-26H,6-9,19-20,27-28H2,1-5H3. The molecule has 3 aromatic carbocycles. The lowest BCUT2D eigenvalue weighted by Gasteiger charge is -2.36. The molecule has 2 nitrogen and oxygen atoms in total. The molecule has 0 fully saturated rings. The minimum atomic E-state index is -1.61. The molecule has 0 N–H and O–H groups in total. The number of benzene rings is 3. The molecule has 0 spiro atoms. The van der Waals surface area contributed by atoms with Gasteiger partial charge in [0.05, 0.1) is 0 Å². The summed E-state index contributed by atoms with van der Waals surface area (Å²) in [4.78, 5) is 0. The highest BCUT2D eigenvalue weighted by molar-refractivity contribution is 6.74. The molecule has 3 heteroatoms. The van der Waals surface area contributed by atoms with Crippen molar-refractivity contribution in [2.75, 3.05) is 13.2 Å². The molecule has 36 heavy (non-hydrogen) atoms. The summed E-state index contributed by atoms with van der Waals surface area (Å²) in [5, 5.41) is 0.293. The van der Waals surface area contributed by atoms with Crippen molar-refractivity contribution in [2.45, 2.75) is 83.0 Å². The molecule has 0 amide bonds. The van der Waals surface area contributed by atoms with Gasteiger partial charge in [-0.25, -0.2) is 0 Å². The Morgan fingerprint density at radius 3 is 1.28 bits per heavy atom. The zero-order valence-corrected chi connectivity index (χ0v) is 24.1. The molecule has 0 radical (unpaired) electrons. The summed E-state index contributed by atoms with van der Waals surface area (Å²) in [5.41, 5.74) is 2.91. The van der Waals surface area contributed by atoms with E-state index in [4.69, 9.17) is 9.16 Å². The zero-order valence-electron chi connectivity index (χ0n) is 23.1. The maximum Gasteiger partial charge on any atom is 0.191 e. The van der Waals surface area contributed by atoms with Gasteiger partial charge < -0.3 is 9.16 Å². The first-order valence-corrected chi connectivity index (χ1v) is 16.6. The second kappa shape index (κ2) is 13.4. The minimum Gasteiger partial charge on any atom is -0.417 e. The molecule has 0 bridgehead atoms. The molecule has 3 aromatic rings. The largest absolute Gasteiger partial charge is 0.417 e. The van der Waals surface area contributed by atoms with E-state index in [1.165, 1.54) is 48.8 Å². The van der Waals surface area contributed by atoms with Gasteiger partial charge in [0.15, 0.2) is 8.32 Å². The van der Waals surface area contributed by atoms with Crippen LogP contribution in [0.15, 0.2) is 91.0 Å². The predicted molar refractivity (Wildman–Crippen MR) is 156 cm³/mol. The molecule has 0 aliphatic heterocycles. The quantitative estimate of drug-likeness (QED) is 0.124. The number of hydrogen-bond donors (Lipinski definition) is 0. The number of rotatable bonds is 14. The van der Waals surface area contributed by atoms with E-state index in [2.05, 4.69) is 125 Å². The van der Waals surface area contributed by atoms with Crippen LogP contribution >= 0.6 is 0 Å². The molecule has 194 valence electrons. The Morgan fingerprint density at radius 1 is 0.528 bits per heavy atom. The fourth-order valence-electron chi connectivity index (χ4n) is 4.45. The van der Waals surface area contributed by atoms with Crippen LogP contribution in [0, 0.1) is 0 Å². The van der Waals surface area contributed by atoms with Crippen LogP contribution in [0.4, 0.5) is 0 Å². The maximum absolute atomic E-state index is 6.89. The van der Waals surface area contributed by atoms with Crippen molar-refractivity contribution in [2.24, 2.45) is 0 Å². The average molecular weight is 503 g/mol. The summed E-state index contributed by atoms with van der Waals surface area (Å²) < 4.78 is 13.2. The van der Waals surface area contributed by atoms with Gasteiger partial charge in [0.1, 0.15) is 5.60 Å². The van der Waals surface area contributed by atoms with Crippen LogP contribution in [0.5, 0.6) is 0 Å². The van der Waals surface area contributed by atoms with E-state index in [9.17, 15) is 0 Å². The van der Waals surface area contributed by atoms with Crippen molar-refractivity contribution in [3.8, 4) is 0 Å². The summed E-state index contributed by atoms with van der Waals surface area (Å²) in [5.74, 6) is 0. The maximum atomic E-state index is 6.89. The van der Waals surface area contributed by atoms with Gasteiger partial charge in [-0.1, -0.05) is 137 Å². The van der Waals surface area contributed by atoms with Crippen molar-refractivity contribution >= 4 is 8.32 Å². The Kier molecular flexibility index (Phi) is 10.5. The molecule has 0 atom stereocenters. The second-order valence-electron chi connectivity index (χ2n) is 11.4. The van der Waals surface area contributed by atoms with E-state index in [1.54, 1.807) is 0 Å². The zero-order chi connectivity index (χ0) is 25.9. The SMILES string of the molecule is CC(C)(C)[Si](C)(C)OCCCCCCCCOC(c1ccccc1)(c1ccccc1)c1ccccc1. The third-order valence-electron chi connectivity index (χ3n) is 7.67. The van der Waals surface area contributed by atoms with Crippen molar-refractivity contribution in [3.05, 3.63) is 108 Å². The van der Waals surface area contributed by atoms with Gasteiger partial charge in [0.25, 0.3) is 0 Å². The van der Waals surface area contributed by atoms with E-state index < -0.39 is 13.9 Å². The fraction of sp³-hybridized carbons (Fsp3) is 0.455. The number of ether oxygens (including phenoxy) is 1. The van der Waals surface area contributed by atoms with Gasteiger partial charge in [-0.05, 0) is 47.7 Å². The first kappa shape index (κ1) is 28.4. The van der Waals surface area contributed by atoms with Crippen molar-refractivity contribution in [3.63, 3.8) is 0 Å². The molecule has 0 saturated carbocycles. The predicted octanol–water partition coefficient (Wildman–Crippen LogP) is 9.36. The Morgan fingerprint density at radius 2 is 0.889 bits per heavy atom. The van der Waals surface area contributed by atoms with E-state index in [-0.39, 0.29) is 0 Å². The fourth-order valence-corrected chi connectivity index (χ4v) is 5.54. The number of hydrogen-bond acceptors (Lipinski definition) is 2. The topological polar surface area (TPSA) is 18.5 Å². The van der Waals surface area contributed by atoms with E-state index >= 15 is 0 Å². The van der Waals surface area contributed by atoms with Crippen LogP contribution in [-0.4, -0.2) is 21.5 Å². The summed E-state index contributed by atoms with van der Waals surface area (Å²) >= 11 is 0. The highest BCUT2D eigenvalue weighted by Crippen LogP contribution is 2.40. The highest BCUT2D eigenvalue weighted by atomic mass is 28.4. The lowest BCUT2D eigenvalue weighted by Crippen LogP contribution is -2.40. The van der Waals surface area contributed by atoms with Crippen molar-refractivity contribution in [1.29, 1.82) is 0 Å². The lowest BCUT2D eigenvalue weighted by atomic mass is 9.80. The molecule has 0 unspecified atom stereocenters. The second-order valence-corrected chi connectivity index (χ2v) is 16.2. The summed E-state index contributed by atoms with van der Waals surface area (Å²) in [6.45, 7) is 13.2. The van der Waals surface area contributed by atoms with E-state index in [0.717, 1.165) is 19.6 Å². The Bertz CT molecular complexity index is 897. The summed E-state index contributed by atoms with van der Waals surface area (Å²) in [7, 11) is -1.61. The van der Waals surface area contributed by atoms with E-state index in [0.29, 0.717) is 5.04 Å². The van der Waals surface area contributed by atoms with Gasteiger partial charge in [-0.3, -0.25) is 0 Å². The summed E-state index contributed by atoms with van der Waals surface area (Å²) in [6, 6.07) is 32.0. The van der Waals surface area contributed by atoms with Gasteiger partial charge in [0.2, 0.25) is 0 Å². The molecule has 0 saturated heterocycles. The van der Waals surface area contributed by atoms with Crippen LogP contribution in [-0.2, 0) is 14.8 Å². The summed E-state index contributed by atoms with van der Waals surface area (Å²) in [6.07, 6.45) is 7.19. The third-order valence-corrected chi connectivity index (χ3v) is 12.2.